The number of likely N-dealkylation sites (tertiary alicyclic amines) is 1. The Morgan fingerprint density at radius 3 is 3.00 bits per heavy atom. The predicted octanol–water partition coefficient (Wildman–Crippen LogP) is -0.0700. The smallest absolute Gasteiger partial charge is 0.0700 e. The van der Waals surface area contributed by atoms with E-state index in [4.69, 9.17) is 15.2 Å². The van der Waals surface area contributed by atoms with Crippen molar-refractivity contribution in [1.29, 1.82) is 0 Å². The van der Waals surface area contributed by atoms with Crippen molar-refractivity contribution in [2.45, 2.75) is 6.42 Å². The summed E-state index contributed by atoms with van der Waals surface area (Å²) in [6.45, 7) is 6.37. The second kappa shape index (κ2) is 7.17. The molecule has 1 rings (SSSR count). The molecule has 0 aromatic rings. The molecule has 0 bridgehead atoms. The lowest BCUT2D eigenvalue weighted by Gasteiger charge is -2.14. The van der Waals surface area contributed by atoms with Gasteiger partial charge in [-0.05, 0) is 18.9 Å². The summed E-state index contributed by atoms with van der Waals surface area (Å²) >= 11 is 0. The fourth-order valence-electron chi connectivity index (χ4n) is 1.83. The number of hydrogen-bond acceptors (Lipinski definition) is 4. The van der Waals surface area contributed by atoms with Gasteiger partial charge in [0.2, 0.25) is 0 Å². The minimum Gasteiger partial charge on any atom is -0.382 e. The molecule has 0 aromatic carbocycles. The highest BCUT2D eigenvalue weighted by Gasteiger charge is 2.21. The second-order valence-corrected chi connectivity index (χ2v) is 3.81. The molecule has 0 amide bonds. The zero-order valence-electron chi connectivity index (χ0n) is 9.08. The van der Waals surface area contributed by atoms with Crippen LogP contribution in [0.1, 0.15) is 6.42 Å². The monoisotopic (exact) mass is 202 g/mol. The molecule has 1 fully saturated rings. The van der Waals surface area contributed by atoms with Crippen LogP contribution in [0.25, 0.3) is 0 Å². The van der Waals surface area contributed by atoms with Gasteiger partial charge in [0.25, 0.3) is 0 Å². The van der Waals surface area contributed by atoms with Gasteiger partial charge in [-0.1, -0.05) is 0 Å². The van der Waals surface area contributed by atoms with Crippen molar-refractivity contribution in [2.24, 2.45) is 11.7 Å². The summed E-state index contributed by atoms with van der Waals surface area (Å²) in [5, 5.41) is 0. The van der Waals surface area contributed by atoms with Crippen molar-refractivity contribution in [3.63, 3.8) is 0 Å². The van der Waals surface area contributed by atoms with E-state index in [9.17, 15) is 0 Å². The fraction of sp³-hybridized carbons (Fsp3) is 1.00. The Bertz CT molecular complexity index is 144. The first-order valence-corrected chi connectivity index (χ1v) is 5.36. The van der Waals surface area contributed by atoms with Crippen molar-refractivity contribution >= 4 is 0 Å². The maximum atomic E-state index is 5.50. The van der Waals surface area contributed by atoms with Crippen LogP contribution in [0.15, 0.2) is 0 Å². The molecule has 0 saturated carbocycles. The summed E-state index contributed by atoms with van der Waals surface area (Å²) in [6, 6.07) is 0. The van der Waals surface area contributed by atoms with Gasteiger partial charge >= 0.3 is 0 Å². The molecule has 0 aromatic heterocycles. The summed E-state index contributed by atoms with van der Waals surface area (Å²) in [5.74, 6) is 0.693. The Morgan fingerprint density at radius 2 is 2.29 bits per heavy atom. The Morgan fingerprint density at radius 1 is 1.43 bits per heavy atom. The second-order valence-electron chi connectivity index (χ2n) is 3.81. The molecular formula is C10H22N2O2. The lowest BCUT2D eigenvalue weighted by atomic mass is 10.1. The fourth-order valence-corrected chi connectivity index (χ4v) is 1.83. The third kappa shape index (κ3) is 4.37. The molecule has 4 heteroatoms. The van der Waals surface area contributed by atoms with E-state index >= 15 is 0 Å². The number of nitrogens with zero attached hydrogens (tertiary/aromatic N) is 1. The summed E-state index contributed by atoms with van der Waals surface area (Å²) in [4.78, 5) is 2.41. The first-order chi connectivity index (χ1) is 6.86. The minimum atomic E-state index is 0.693. The highest BCUT2D eigenvalue weighted by molar-refractivity contribution is 4.75. The molecule has 0 radical (unpaired) electrons. The number of ether oxygens (including phenoxy) is 2. The average molecular weight is 202 g/mol. The molecule has 0 aliphatic carbocycles. The van der Waals surface area contributed by atoms with Gasteiger partial charge in [0.15, 0.2) is 0 Å². The Balaban J connectivity index is 1.98. The molecule has 2 N–H and O–H groups in total. The largest absolute Gasteiger partial charge is 0.382 e. The first-order valence-electron chi connectivity index (χ1n) is 5.36. The third-order valence-electron chi connectivity index (χ3n) is 2.60. The quantitative estimate of drug-likeness (QED) is 0.587. The van der Waals surface area contributed by atoms with Gasteiger partial charge in [0.05, 0.1) is 19.8 Å². The maximum Gasteiger partial charge on any atom is 0.0700 e. The van der Waals surface area contributed by atoms with E-state index in [0.29, 0.717) is 19.1 Å². The highest BCUT2D eigenvalue weighted by atomic mass is 16.5. The molecule has 1 atom stereocenters. The topological polar surface area (TPSA) is 47.7 Å². The van der Waals surface area contributed by atoms with Crippen molar-refractivity contribution < 1.29 is 9.47 Å². The van der Waals surface area contributed by atoms with Crippen molar-refractivity contribution in [1.82, 2.24) is 4.90 Å². The van der Waals surface area contributed by atoms with Gasteiger partial charge in [0.1, 0.15) is 0 Å². The van der Waals surface area contributed by atoms with Crippen LogP contribution in [0.5, 0.6) is 0 Å². The summed E-state index contributed by atoms with van der Waals surface area (Å²) in [5.41, 5.74) is 5.50. The number of methoxy groups -OCH3 is 1. The van der Waals surface area contributed by atoms with Gasteiger partial charge in [0, 0.05) is 26.7 Å². The molecule has 1 heterocycles. The third-order valence-corrected chi connectivity index (χ3v) is 2.60. The van der Waals surface area contributed by atoms with Gasteiger partial charge in [-0.25, -0.2) is 0 Å². The van der Waals surface area contributed by atoms with Gasteiger partial charge in [-0.3, -0.25) is 0 Å². The predicted molar refractivity (Wildman–Crippen MR) is 56.3 cm³/mol. The van der Waals surface area contributed by atoms with E-state index < -0.39 is 0 Å². The van der Waals surface area contributed by atoms with Gasteiger partial charge in [-0.2, -0.15) is 0 Å². The Kier molecular flexibility index (Phi) is 6.10. The SMILES string of the molecule is COCCOCC1CCN(CCN)C1. The molecule has 1 aliphatic rings. The molecule has 1 aliphatic heterocycles. The van der Waals surface area contributed by atoms with E-state index in [1.165, 1.54) is 13.0 Å². The zero-order chi connectivity index (χ0) is 10.2. The maximum absolute atomic E-state index is 5.50. The number of hydrogen-bond donors (Lipinski definition) is 1. The van der Waals surface area contributed by atoms with Crippen LogP contribution in [0, 0.1) is 5.92 Å². The van der Waals surface area contributed by atoms with Crippen LogP contribution >= 0.6 is 0 Å². The van der Waals surface area contributed by atoms with Crippen molar-refractivity contribution in [2.75, 3.05) is 53.1 Å². The van der Waals surface area contributed by atoms with E-state index in [1.54, 1.807) is 7.11 Å². The van der Waals surface area contributed by atoms with Gasteiger partial charge in [-0.15, -0.1) is 0 Å². The molecule has 84 valence electrons. The van der Waals surface area contributed by atoms with E-state index in [-0.39, 0.29) is 0 Å². The van der Waals surface area contributed by atoms with Crippen LogP contribution in [0.4, 0.5) is 0 Å². The van der Waals surface area contributed by atoms with E-state index in [0.717, 1.165) is 26.2 Å². The molecule has 14 heavy (non-hydrogen) atoms. The number of nitrogens with two attached hydrogens (primary N) is 1. The molecule has 1 saturated heterocycles. The normalized spacial score (nSPS) is 23.1. The standard InChI is InChI=1S/C10H22N2O2/c1-13-6-7-14-9-10-2-4-12(8-10)5-3-11/h10H,2-9,11H2,1H3. The van der Waals surface area contributed by atoms with Crippen molar-refractivity contribution in [3.05, 3.63) is 0 Å². The van der Waals surface area contributed by atoms with Gasteiger partial charge < -0.3 is 20.1 Å². The average Bonchev–Trinajstić information content (AvgIpc) is 2.61. The molecular weight excluding hydrogens is 180 g/mol. The van der Waals surface area contributed by atoms with Crippen LogP contribution in [0.3, 0.4) is 0 Å². The molecule has 1 unspecified atom stereocenters. The zero-order valence-corrected chi connectivity index (χ0v) is 9.08. The van der Waals surface area contributed by atoms with Crippen molar-refractivity contribution in [3.8, 4) is 0 Å². The van der Waals surface area contributed by atoms with Crippen LogP contribution < -0.4 is 5.73 Å². The molecule has 0 spiro atoms. The van der Waals surface area contributed by atoms with Crippen LogP contribution in [-0.4, -0.2) is 58.0 Å². The first kappa shape index (κ1) is 11.9. The minimum absolute atomic E-state index is 0.693. The summed E-state index contributed by atoms with van der Waals surface area (Å²) in [6.07, 6.45) is 1.24. The summed E-state index contributed by atoms with van der Waals surface area (Å²) in [7, 11) is 1.70. The highest BCUT2D eigenvalue weighted by Crippen LogP contribution is 2.15. The Labute approximate surface area is 86.3 Å². The van der Waals surface area contributed by atoms with Crippen LogP contribution in [-0.2, 0) is 9.47 Å². The lowest BCUT2D eigenvalue weighted by Crippen LogP contribution is -2.27. The lowest BCUT2D eigenvalue weighted by molar-refractivity contribution is 0.0527. The molecule has 4 nitrogen and oxygen atoms in total. The number of rotatable bonds is 7. The summed E-state index contributed by atoms with van der Waals surface area (Å²) < 4.78 is 10.4. The van der Waals surface area contributed by atoms with E-state index in [1.807, 2.05) is 0 Å². The van der Waals surface area contributed by atoms with E-state index in [2.05, 4.69) is 4.90 Å². The van der Waals surface area contributed by atoms with Crippen LogP contribution in [0.2, 0.25) is 0 Å². The Hall–Kier alpha value is -0.160.